The Kier molecular flexibility index (Phi) is 7.03. The Bertz CT molecular complexity index is 914. The van der Waals surface area contributed by atoms with Crippen LogP contribution in [0, 0.1) is 0 Å². The number of likely N-dealkylation sites (tertiary alicyclic amines) is 1. The van der Waals surface area contributed by atoms with Crippen LogP contribution in [-0.2, 0) is 16.1 Å². The maximum Gasteiger partial charge on any atom is 0.251 e. The van der Waals surface area contributed by atoms with Crippen LogP contribution in [0.25, 0.3) is 0 Å². The molecule has 1 saturated heterocycles. The average Bonchev–Trinajstić information content (AvgIpc) is 3.21. The molecule has 2 aromatic rings. The molecule has 0 aromatic heterocycles. The number of amides is 3. The predicted octanol–water partition coefficient (Wildman–Crippen LogP) is 1.51. The Hall–Kier alpha value is -3.39. The highest BCUT2D eigenvalue weighted by Crippen LogP contribution is 2.21. The van der Waals surface area contributed by atoms with Crippen molar-refractivity contribution in [2.75, 3.05) is 25.5 Å². The maximum absolute atomic E-state index is 12.2. The van der Waals surface area contributed by atoms with Crippen molar-refractivity contribution in [3.63, 3.8) is 0 Å². The monoisotopic (exact) mass is 410 g/mol. The fourth-order valence-corrected chi connectivity index (χ4v) is 3.53. The van der Waals surface area contributed by atoms with Gasteiger partial charge in [0, 0.05) is 17.8 Å². The molecule has 3 rings (SSSR count). The van der Waals surface area contributed by atoms with Crippen molar-refractivity contribution in [2.24, 2.45) is 5.73 Å². The number of carbonyl (C=O) groups excluding carboxylic acids is 3. The van der Waals surface area contributed by atoms with Crippen molar-refractivity contribution in [3.05, 3.63) is 59.7 Å². The SMILES string of the molecule is COc1ccc(C(=O)NCC(=O)Nc2cccc(CN3CCCC3C(N)=O)c2)cc1. The van der Waals surface area contributed by atoms with Gasteiger partial charge in [-0.3, -0.25) is 19.3 Å². The van der Waals surface area contributed by atoms with E-state index in [0.29, 0.717) is 23.5 Å². The van der Waals surface area contributed by atoms with Gasteiger partial charge in [0.05, 0.1) is 19.7 Å². The van der Waals surface area contributed by atoms with Crippen LogP contribution < -0.4 is 21.1 Å². The van der Waals surface area contributed by atoms with Crippen molar-refractivity contribution in [2.45, 2.75) is 25.4 Å². The molecule has 158 valence electrons. The number of carbonyl (C=O) groups is 3. The topological polar surface area (TPSA) is 114 Å². The van der Waals surface area contributed by atoms with E-state index < -0.39 is 0 Å². The van der Waals surface area contributed by atoms with Crippen molar-refractivity contribution in [3.8, 4) is 5.75 Å². The fourth-order valence-electron chi connectivity index (χ4n) is 3.53. The predicted molar refractivity (Wildman–Crippen MR) is 113 cm³/mol. The van der Waals surface area contributed by atoms with Crippen LogP contribution in [0.15, 0.2) is 48.5 Å². The van der Waals surface area contributed by atoms with Crippen molar-refractivity contribution >= 4 is 23.4 Å². The smallest absolute Gasteiger partial charge is 0.251 e. The number of hydrogen-bond donors (Lipinski definition) is 3. The first kappa shape index (κ1) is 21.3. The Morgan fingerprint density at radius 1 is 1.17 bits per heavy atom. The zero-order valence-electron chi connectivity index (χ0n) is 16.9. The number of nitrogens with two attached hydrogens (primary N) is 1. The standard InChI is InChI=1S/C22H26N4O4/c1-30-18-9-7-16(8-10-18)22(29)24-13-20(27)25-17-5-2-4-15(12-17)14-26-11-3-6-19(26)21(23)28/h2,4-5,7-10,12,19H,3,6,11,13-14H2,1H3,(H2,23,28)(H,24,29)(H,25,27). The van der Waals surface area contributed by atoms with E-state index in [1.165, 1.54) is 0 Å². The zero-order chi connectivity index (χ0) is 21.5. The Labute approximate surface area is 175 Å². The lowest BCUT2D eigenvalue weighted by Gasteiger charge is -2.22. The molecule has 1 aliphatic heterocycles. The normalized spacial score (nSPS) is 16.1. The number of anilines is 1. The highest BCUT2D eigenvalue weighted by molar-refractivity contribution is 5.99. The molecule has 30 heavy (non-hydrogen) atoms. The second kappa shape index (κ2) is 9.89. The summed E-state index contributed by atoms with van der Waals surface area (Å²) >= 11 is 0. The summed E-state index contributed by atoms with van der Waals surface area (Å²) in [5.41, 5.74) is 7.52. The lowest BCUT2D eigenvalue weighted by molar-refractivity contribution is -0.122. The largest absolute Gasteiger partial charge is 0.497 e. The molecule has 1 fully saturated rings. The van der Waals surface area contributed by atoms with Gasteiger partial charge >= 0.3 is 0 Å². The number of benzene rings is 2. The molecule has 2 aromatic carbocycles. The number of nitrogens with one attached hydrogen (secondary N) is 2. The van der Waals surface area contributed by atoms with Crippen LogP contribution in [0.4, 0.5) is 5.69 Å². The molecule has 1 unspecified atom stereocenters. The Morgan fingerprint density at radius 3 is 2.63 bits per heavy atom. The maximum atomic E-state index is 12.2. The molecule has 0 aliphatic carbocycles. The molecule has 3 amide bonds. The van der Waals surface area contributed by atoms with E-state index in [9.17, 15) is 14.4 Å². The average molecular weight is 410 g/mol. The number of ether oxygens (including phenoxy) is 1. The molecular weight excluding hydrogens is 384 g/mol. The van der Waals surface area contributed by atoms with Gasteiger partial charge in [-0.05, 0) is 61.3 Å². The molecule has 1 heterocycles. The highest BCUT2D eigenvalue weighted by atomic mass is 16.5. The number of rotatable bonds is 8. The first-order valence-corrected chi connectivity index (χ1v) is 9.80. The lowest BCUT2D eigenvalue weighted by atomic mass is 10.1. The third-order valence-electron chi connectivity index (χ3n) is 5.05. The minimum Gasteiger partial charge on any atom is -0.497 e. The summed E-state index contributed by atoms with van der Waals surface area (Å²) < 4.78 is 5.06. The third-order valence-corrected chi connectivity index (χ3v) is 5.05. The summed E-state index contributed by atoms with van der Waals surface area (Å²) in [6.07, 6.45) is 1.72. The van der Waals surface area contributed by atoms with E-state index >= 15 is 0 Å². The minimum absolute atomic E-state index is 0.148. The van der Waals surface area contributed by atoms with Crippen LogP contribution in [0.1, 0.15) is 28.8 Å². The van der Waals surface area contributed by atoms with Crippen molar-refractivity contribution in [1.82, 2.24) is 10.2 Å². The van der Waals surface area contributed by atoms with Crippen LogP contribution >= 0.6 is 0 Å². The molecule has 1 atom stereocenters. The van der Waals surface area contributed by atoms with Crippen LogP contribution in [0.5, 0.6) is 5.75 Å². The number of primary amides is 1. The second-order valence-electron chi connectivity index (χ2n) is 7.19. The van der Waals surface area contributed by atoms with Gasteiger partial charge in [0.25, 0.3) is 5.91 Å². The van der Waals surface area contributed by atoms with Crippen LogP contribution in [0.2, 0.25) is 0 Å². The molecule has 4 N–H and O–H groups in total. The van der Waals surface area contributed by atoms with E-state index in [1.807, 2.05) is 18.2 Å². The van der Waals surface area contributed by atoms with Gasteiger partial charge in [0.1, 0.15) is 5.75 Å². The lowest BCUT2D eigenvalue weighted by Crippen LogP contribution is -2.39. The highest BCUT2D eigenvalue weighted by Gasteiger charge is 2.28. The Morgan fingerprint density at radius 2 is 1.93 bits per heavy atom. The first-order valence-electron chi connectivity index (χ1n) is 9.80. The van der Waals surface area contributed by atoms with Gasteiger partial charge in [0.2, 0.25) is 11.8 Å². The summed E-state index contributed by atoms with van der Waals surface area (Å²) in [7, 11) is 1.55. The number of hydrogen-bond acceptors (Lipinski definition) is 5. The molecule has 8 heteroatoms. The molecule has 0 spiro atoms. The summed E-state index contributed by atoms with van der Waals surface area (Å²) in [5.74, 6) is -0.317. The van der Waals surface area contributed by atoms with Crippen LogP contribution in [-0.4, -0.2) is 48.9 Å². The zero-order valence-corrected chi connectivity index (χ0v) is 16.9. The Balaban J connectivity index is 1.52. The van der Waals surface area contributed by atoms with E-state index in [-0.39, 0.29) is 30.3 Å². The van der Waals surface area contributed by atoms with Crippen molar-refractivity contribution < 1.29 is 19.1 Å². The van der Waals surface area contributed by atoms with Gasteiger partial charge in [0.15, 0.2) is 0 Å². The van der Waals surface area contributed by atoms with Gasteiger partial charge in [-0.2, -0.15) is 0 Å². The minimum atomic E-state index is -0.340. The van der Waals surface area contributed by atoms with Gasteiger partial charge in [-0.15, -0.1) is 0 Å². The number of nitrogens with zero attached hydrogens (tertiary/aromatic N) is 1. The molecular formula is C22H26N4O4. The fraction of sp³-hybridized carbons (Fsp3) is 0.318. The van der Waals surface area contributed by atoms with Gasteiger partial charge < -0.3 is 21.1 Å². The van der Waals surface area contributed by atoms with E-state index in [1.54, 1.807) is 37.4 Å². The molecule has 0 bridgehead atoms. The summed E-state index contributed by atoms with van der Waals surface area (Å²) in [4.78, 5) is 38.0. The van der Waals surface area contributed by atoms with Gasteiger partial charge in [-0.25, -0.2) is 0 Å². The van der Waals surface area contributed by atoms with E-state index in [2.05, 4.69) is 15.5 Å². The summed E-state index contributed by atoms with van der Waals surface area (Å²) in [6, 6.07) is 13.8. The molecule has 8 nitrogen and oxygen atoms in total. The third kappa shape index (κ3) is 5.57. The molecule has 0 radical (unpaired) electrons. The van der Waals surface area contributed by atoms with Crippen molar-refractivity contribution in [1.29, 1.82) is 0 Å². The summed E-state index contributed by atoms with van der Waals surface area (Å²) in [6.45, 7) is 1.26. The summed E-state index contributed by atoms with van der Waals surface area (Å²) in [5, 5.41) is 5.38. The first-order chi connectivity index (χ1) is 14.5. The van der Waals surface area contributed by atoms with Crippen LogP contribution in [0.3, 0.4) is 0 Å². The van der Waals surface area contributed by atoms with E-state index in [0.717, 1.165) is 24.9 Å². The van der Waals surface area contributed by atoms with E-state index in [4.69, 9.17) is 10.5 Å². The molecule has 0 saturated carbocycles. The number of methoxy groups -OCH3 is 1. The quantitative estimate of drug-likeness (QED) is 0.611. The van der Waals surface area contributed by atoms with Gasteiger partial charge in [-0.1, -0.05) is 12.1 Å². The molecule has 1 aliphatic rings. The second-order valence-corrected chi connectivity index (χ2v) is 7.19.